The smallest absolute Gasteiger partial charge is 0.309 e. The summed E-state index contributed by atoms with van der Waals surface area (Å²) in [6.45, 7) is 9.08. The number of nitrogens with two attached hydrogens (primary N) is 1. The first-order valence-electron chi connectivity index (χ1n) is 12.7. The Kier molecular flexibility index (Phi) is 11.4. The Morgan fingerprint density at radius 1 is 1.36 bits per heavy atom. The number of nitrogens with zero attached hydrogens (tertiary/aromatic N) is 1. The van der Waals surface area contributed by atoms with Gasteiger partial charge in [0, 0.05) is 30.3 Å². The summed E-state index contributed by atoms with van der Waals surface area (Å²) in [4.78, 5) is 30.3. The van der Waals surface area contributed by atoms with Crippen LogP contribution in [0.2, 0.25) is 0 Å². The molecule has 0 aliphatic carbocycles. The minimum atomic E-state index is -1.35. The highest BCUT2D eigenvalue weighted by Gasteiger charge is 2.43. The quantitative estimate of drug-likeness (QED) is 0.385. The Morgan fingerprint density at radius 2 is 2.06 bits per heavy atom. The van der Waals surface area contributed by atoms with Crippen LogP contribution >= 0.6 is 11.3 Å². The molecule has 0 aromatic carbocycles. The minimum absolute atomic E-state index is 0.109. The first-order chi connectivity index (χ1) is 16.9. The van der Waals surface area contributed by atoms with Crippen molar-refractivity contribution in [2.75, 3.05) is 0 Å². The second-order valence-corrected chi connectivity index (χ2v) is 11.3. The van der Waals surface area contributed by atoms with Crippen molar-refractivity contribution in [2.24, 2.45) is 23.0 Å². The Morgan fingerprint density at radius 3 is 2.67 bits per heavy atom. The molecule has 0 spiro atoms. The SMILES string of the molecule is CCC1C(=O)C(C)(C)C(O)CC(=O)OC(C(F)=Cc2csc(CN)n2)C/C=C(\C)CCCC(C)C1O. The first kappa shape index (κ1) is 30.3. The summed E-state index contributed by atoms with van der Waals surface area (Å²) >= 11 is 1.32. The van der Waals surface area contributed by atoms with Crippen LogP contribution in [0.3, 0.4) is 0 Å². The summed E-state index contributed by atoms with van der Waals surface area (Å²) in [7, 11) is 0. The van der Waals surface area contributed by atoms with E-state index >= 15 is 4.39 Å². The lowest BCUT2D eigenvalue weighted by Crippen LogP contribution is -2.46. The Bertz CT molecular complexity index is 958. The molecule has 0 saturated carbocycles. The van der Waals surface area contributed by atoms with Crippen LogP contribution in [0, 0.1) is 17.3 Å². The third-order valence-corrected chi connectivity index (χ3v) is 8.01. The molecule has 202 valence electrons. The number of aromatic nitrogens is 1. The number of carbonyl (C=O) groups is 2. The van der Waals surface area contributed by atoms with Crippen molar-refractivity contribution in [1.82, 2.24) is 4.98 Å². The van der Waals surface area contributed by atoms with E-state index in [2.05, 4.69) is 4.98 Å². The number of hydrogen-bond acceptors (Lipinski definition) is 8. The fraction of sp³-hybridized carbons (Fsp3) is 0.667. The lowest BCUT2D eigenvalue weighted by Gasteiger charge is -2.35. The van der Waals surface area contributed by atoms with Crippen molar-refractivity contribution < 1.29 is 28.9 Å². The zero-order chi connectivity index (χ0) is 27.0. The first-order valence-corrected chi connectivity index (χ1v) is 13.6. The molecular weight excluding hydrogens is 483 g/mol. The molecule has 0 amide bonds. The zero-order valence-electron chi connectivity index (χ0n) is 22.0. The molecule has 2 heterocycles. The highest BCUT2D eigenvalue weighted by atomic mass is 32.1. The normalized spacial score (nSPS) is 31.0. The van der Waals surface area contributed by atoms with E-state index in [1.54, 1.807) is 19.2 Å². The predicted molar refractivity (Wildman–Crippen MR) is 140 cm³/mol. The molecule has 2 rings (SSSR count). The van der Waals surface area contributed by atoms with E-state index < -0.39 is 47.9 Å². The zero-order valence-corrected chi connectivity index (χ0v) is 22.8. The average molecular weight is 525 g/mol. The van der Waals surface area contributed by atoms with E-state index in [0.29, 0.717) is 17.1 Å². The third kappa shape index (κ3) is 8.03. The molecule has 1 aromatic heterocycles. The van der Waals surface area contributed by atoms with Crippen LogP contribution in [0.15, 0.2) is 22.9 Å². The standard InChI is InChI=1S/C27H41FN2O5S/c1-6-19-25(33)17(3)9-7-8-16(2)10-11-21(20(28)12-18-15-36-23(14-29)30-18)35-24(32)13-22(31)27(4,5)26(19)34/h10,12,15,17,19,21-22,25,31,33H,6-9,11,13-14,29H2,1-5H3/b16-10+,20-12?. The minimum Gasteiger partial charge on any atom is -0.455 e. The number of allylic oxidation sites excluding steroid dienone is 1. The topological polar surface area (TPSA) is 123 Å². The van der Waals surface area contributed by atoms with E-state index in [-0.39, 0.29) is 24.7 Å². The Balaban J connectivity index is 2.35. The second kappa shape index (κ2) is 13.6. The fourth-order valence-electron chi connectivity index (χ4n) is 4.46. The number of aliphatic hydroxyl groups is 2. The van der Waals surface area contributed by atoms with E-state index in [1.807, 2.05) is 26.8 Å². The highest BCUT2D eigenvalue weighted by Crippen LogP contribution is 2.34. The van der Waals surface area contributed by atoms with Gasteiger partial charge in [0.25, 0.3) is 0 Å². The van der Waals surface area contributed by atoms with Crippen LogP contribution in [0.25, 0.3) is 6.08 Å². The highest BCUT2D eigenvalue weighted by molar-refractivity contribution is 7.09. The fourth-order valence-corrected chi connectivity index (χ4v) is 5.09. The molecule has 0 saturated heterocycles. The van der Waals surface area contributed by atoms with Gasteiger partial charge in [-0.3, -0.25) is 9.59 Å². The van der Waals surface area contributed by atoms with Crippen molar-refractivity contribution in [2.45, 2.75) is 98.0 Å². The van der Waals surface area contributed by atoms with Crippen molar-refractivity contribution >= 4 is 29.2 Å². The van der Waals surface area contributed by atoms with Gasteiger partial charge >= 0.3 is 5.97 Å². The van der Waals surface area contributed by atoms with Gasteiger partial charge in [-0.05, 0) is 38.5 Å². The summed E-state index contributed by atoms with van der Waals surface area (Å²) in [6.07, 6.45) is 2.04. The molecular formula is C27H41FN2O5S. The number of ketones is 1. The van der Waals surface area contributed by atoms with Gasteiger partial charge in [0.05, 0.1) is 29.7 Å². The summed E-state index contributed by atoms with van der Waals surface area (Å²) in [6, 6.07) is 0. The Hall–Kier alpha value is -1.94. The maximum Gasteiger partial charge on any atom is 0.309 e. The number of cyclic esters (lactones) is 1. The lowest BCUT2D eigenvalue weighted by molar-refractivity contribution is -0.155. The molecule has 0 fully saturated rings. The van der Waals surface area contributed by atoms with Crippen LogP contribution in [-0.4, -0.2) is 45.3 Å². The largest absolute Gasteiger partial charge is 0.455 e. The number of thiazole rings is 1. The van der Waals surface area contributed by atoms with E-state index in [4.69, 9.17) is 10.5 Å². The maximum atomic E-state index is 15.2. The third-order valence-electron chi connectivity index (χ3n) is 7.12. The average Bonchev–Trinajstić information content (AvgIpc) is 3.28. The Labute approximate surface area is 217 Å². The van der Waals surface area contributed by atoms with Crippen LogP contribution in [-0.2, 0) is 20.9 Å². The number of carbonyl (C=O) groups excluding carboxylic acids is 2. The molecule has 1 aliphatic rings. The van der Waals surface area contributed by atoms with Gasteiger partial charge in [-0.2, -0.15) is 0 Å². The van der Waals surface area contributed by atoms with Crippen LogP contribution in [0.1, 0.15) is 83.8 Å². The molecule has 4 N–H and O–H groups in total. The number of hydrogen-bond donors (Lipinski definition) is 3. The van der Waals surface area contributed by atoms with Crippen molar-refractivity contribution in [1.29, 1.82) is 0 Å². The summed E-state index contributed by atoms with van der Waals surface area (Å²) in [5.41, 5.74) is 5.70. The molecule has 5 unspecified atom stereocenters. The van der Waals surface area contributed by atoms with Gasteiger partial charge in [0.2, 0.25) is 0 Å². The van der Waals surface area contributed by atoms with E-state index in [9.17, 15) is 19.8 Å². The number of rotatable bonds is 4. The number of aliphatic hydroxyl groups excluding tert-OH is 2. The number of Topliss-reactive ketones (excluding diaryl/α,β-unsaturated/α-hetero) is 1. The van der Waals surface area contributed by atoms with Crippen LogP contribution in [0.5, 0.6) is 0 Å². The van der Waals surface area contributed by atoms with Gasteiger partial charge < -0.3 is 20.7 Å². The number of ether oxygens (including phenoxy) is 1. The summed E-state index contributed by atoms with van der Waals surface area (Å²) in [5, 5.41) is 24.1. The number of halogens is 1. The lowest BCUT2D eigenvalue weighted by atomic mass is 9.71. The molecule has 7 nitrogen and oxygen atoms in total. The van der Waals surface area contributed by atoms with Crippen LogP contribution < -0.4 is 5.73 Å². The molecule has 0 bridgehead atoms. The van der Waals surface area contributed by atoms with Crippen molar-refractivity contribution in [3.05, 3.63) is 33.6 Å². The van der Waals surface area contributed by atoms with Crippen molar-refractivity contribution in [3.8, 4) is 0 Å². The van der Waals surface area contributed by atoms with Gasteiger partial charge in [0.15, 0.2) is 6.10 Å². The van der Waals surface area contributed by atoms with E-state index in [0.717, 1.165) is 24.8 Å². The van der Waals surface area contributed by atoms with Gasteiger partial charge in [0.1, 0.15) is 16.6 Å². The van der Waals surface area contributed by atoms with Crippen molar-refractivity contribution in [3.63, 3.8) is 0 Å². The summed E-state index contributed by atoms with van der Waals surface area (Å²) in [5.74, 6) is -2.53. The van der Waals surface area contributed by atoms with Gasteiger partial charge in [-0.25, -0.2) is 9.37 Å². The van der Waals surface area contributed by atoms with Gasteiger partial charge in [-0.15, -0.1) is 11.3 Å². The molecule has 1 aromatic rings. The van der Waals surface area contributed by atoms with E-state index in [1.165, 1.54) is 17.4 Å². The summed E-state index contributed by atoms with van der Waals surface area (Å²) < 4.78 is 20.7. The molecule has 5 atom stereocenters. The van der Waals surface area contributed by atoms with Gasteiger partial charge in [-0.1, -0.05) is 39.3 Å². The molecule has 1 aliphatic heterocycles. The van der Waals surface area contributed by atoms with Crippen LogP contribution in [0.4, 0.5) is 4.39 Å². The predicted octanol–water partition coefficient (Wildman–Crippen LogP) is 4.71. The second-order valence-electron chi connectivity index (χ2n) is 10.3. The number of esters is 1. The maximum absolute atomic E-state index is 15.2. The molecule has 0 radical (unpaired) electrons. The monoisotopic (exact) mass is 524 g/mol. The molecule has 36 heavy (non-hydrogen) atoms. The molecule has 9 heteroatoms.